The SMILES string of the molecule is O=CC(C=O)c1ccc(OC(F)(F)F)cc1. The quantitative estimate of drug-likeness (QED) is 0.589. The Bertz CT molecular complexity index is 362. The molecule has 0 heterocycles. The van der Waals surface area contributed by atoms with Gasteiger partial charge in [-0.05, 0) is 17.7 Å². The number of ether oxygens (including phenoxy) is 1. The third-order valence-corrected chi connectivity index (χ3v) is 1.79. The average Bonchev–Trinajstić information content (AvgIpc) is 2.20. The number of carbonyl (C=O) groups excluding carboxylic acids is 2. The summed E-state index contributed by atoms with van der Waals surface area (Å²) >= 11 is 0. The summed E-state index contributed by atoms with van der Waals surface area (Å²) in [5.41, 5.74) is 0.319. The Morgan fingerprint density at radius 3 is 1.94 bits per heavy atom. The monoisotopic (exact) mass is 232 g/mol. The number of rotatable bonds is 4. The Hall–Kier alpha value is -1.85. The number of alkyl halides is 3. The van der Waals surface area contributed by atoms with E-state index in [0.717, 1.165) is 12.1 Å². The van der Waals surface area contributed by atoms with Gasteiger partial charge in [0.05, 0.1) is 5.92 Å². The number of benzene rings is 1. The lowest BCUT2D eigenvalue weighted by atomic mass is 10.0. The van der Waals surface area contributed by atoms with Crippen molar-refractivity contribution in [3.63, 3.8) is 0 Å². The molecule has 0 radical (unpaired) electrons. The molecule has 0 aliphatic heterocycles. The van der Waals surface area contributed by atoms with E-state index in [1.165, 1.54) is 12.1 Å². The molecule has 0 aromatic heterocycles. The van der Waals surface area contributed by atoms with Crippen molar-refractivity contribution in [2.45, 2.75) is 12.3 Å². The van der Waals surface area contributed by atoms with E-state index >= 15 is 0 Å². The van der Waals surface area contributed by atoms with Gasteiger partial charge in [-0.2, -0.15) is 0 Å². The van der Waals surface area contributed by atoms with Gasteiger partial charge in [-0.3, -0.25) is 0 Å². The zero-order chi connectivity index (χ0) is 12.2. The second-order valence-electron chi connectivity index (χ2n) is 2.91. The fraction of sp³-hybridized carbons (Fsp3) is 0.200. The zero-order valence-corrected chi connectivity index (χ0v) is 7.90. The van der Waals surface area contributed by atoms with Gasteiger partial charge in [0.1, 0.15) is 18.3 Å². The van der Waals surface area contributed by atoms with Crippen molar-refractivity contribution in [1.29, 1.82) is 0 Å². The lowest BCUT2D eigenvalue weighted by Crippen LogP contribution is -2.17. The zero-order valence-electron chi connectivity index (χ0n) is 7.90. The summed E-state index contributed by atoms with van der Waals surface area (Å²) in [5.74, 6) is -1.35. The van der Waals surface area contributed by atoms with Crippen LogP contribution >= 0.6 is 0 Å². The van der Waals surface area contributed by atoms with Crippen molar-refractivity contribution < 1.29 is 27.5 Å². The minimum atomic E-state index is -4.75. The first-order valence-corrected chi connectivity index (χ1v) is 4.22. The van der Waals surface area contributed by atoms with Gasteiger partial charge in [-0.1, -0.05) is 12.1 Å². The molecular weight excluding hydrogens is 225 g/mol. The molecule has 3 nitrogen and oxygen atoms in total. The average molecular weight is 232 g/mol. The molecule has 0 aliphatic rings. The van der Waals surface area contributed by atoms with Gasteiger partial charge in [-0.15, -0.1) is 13.2 Å². The molecule has 0 saturated heterocycles. The maximum absolute atomic E-state index is 11.8. The highest BCUT2D eigenvalue weighted by Gasteiger charge is 2.31. The van der Waals surface area contributed by atoms with Crippen molar-refractivity contribution >= 4 is 12.6 Å². The molecule has 6 heteroatoms. The van der Waals surface area contributed by atoms with Crippen LogP contribution in [0.25, 0.3) is 0 Å². The fourth-order valence-corrected chi connectivity index (χ4v) is 1.08. The van der Waals surface area contributed by atoms with Crippen molar-refractivity contribution in [1.82, 2.24) is 0 Å². The normalized spacial score (nSPS) is 11.2. The summed E-state index contributed by atoms with van der Waals surface area (Å²) in [7, 11) is 0. The molecular formula is C10H7F3O3. The summed E-state index contributed by atoms with van der Waals surface area (Å²) in [5, 5.41) is 0. The highest BCUT2D eigenvalue weighted by Crippen LogP contribution is 2.24. The van der Waals surface area contributed by atoms with E-state index in [1.54, 1.807) is 0 Å². The van der Waals surface area contributed by atoms with E-state index in [0.29, 0.717) is 18.1 Å². The third kappa shape index (κ3) is 3.38. The number of hydrogen-bond acceptors (Lipinski definition) is 3. The molecule has 0 spiro atoms. The maximum atomic E-state index is 11.8. The lowest BCUT2D eigenvalue weighted by Gasteiger charge is -2.09. The predicted octanol–water partition coefficient (Wildman–Crippen LogP) is 2.07. The van der Waals surface area contributed by atoms with Gasteiger partial charge >= 0.3 is 6.36 Å². The highest BCUT2D eigenvalue weighted by molar-refractivity contribution is 5.84. The van der Waals surface area contributed by atoms with Crippen molar-refractivity contribution in [3.05, 3.63) is 29.8 Å². The van der Waals surface area contributed by atoms with E-state index < -0.39 is 18.0 Å². The van der Waals surface area contributed by atoms with Crippen LogP contribution in [0.1, 0.15) is 11.5 Å². The van der Waals surface area contributed by atoms with Crippen molar-refractivity contribution in [2.24, 2.45) is 0 Å². The Labute approximate surface area is 88.8 Å². The Kier molecular flexibility index (Phi) is 3.65. The minimum absolute atomic E-state index is 0.319. The standard InChI is InChI=1S/C10H7F3O3/c11-10(12,13)16-9-3-1-7(2-4-9)8(5-14)6-15/h1-6,8H. The van der Waals surface area contributed by atoms with Crippen LogP contribution in [0.5, 0.6) is 5.75 Å². The molecule has 1 aromatic carbocycles. The molecule has 0 N–H and O–H groups in total. The lowest BCUT2D eigenvalue weighted by molar-refractivity contribution is -0.274. The first kappa shape index (κ1) is 12.2. The van der Waals surface area contributed by atoms with Crippen LogP contribution in [0.4, 0.5) is 13.2 Å². The second kappa shape index (κ2) is 4.78. The van der Waals surface area contributed by atoms with Crippen molar-refractivity contribution in [3.8, 4) is 5.75 Å². The van der Waals surface area contributed by atoms with E-state index in [1.807, 2.05) is 0 Å². The van der Waals surface area contributed by atoms with E-state index in [-0.39, 0.29) is 0 Å². The smallest absolute Gasteiger partial charge is 0.406 e. The Morgan fingerprint density at radius 2 is 1.56 bits per heavy atom. The molecule has 0 atom stereocenters. The molecule has 0 fully saturated rings. The summed E-state index contributed by atoms with van der Waals surface area (Å²) in [6.07, 6.45) is -3.94. The highest BCUT2D eigenvalue weighted by atomic mass is 19.4. The fourth-order valence-electron chi connectivity index (χ4n) is 1.08. The Morgan fingerprint density at radius 1 is 1.06 bits per heavy atom. The van der Waals surface area contributed by atoms with Gasteiger partial charge in [0, 0.05) is 0 Å². The molecule has 1 aromatic rings. The van der Waals surface area contributed by atoms with Crippen LogP contribution in [-0.2, 0) is 9.59 Å². The van der Waals surface area contributed by atoms with Crippen LogP contribution in [0.15, 0.2) is 24.3 Å². The molecule has 86 valence electrons. The molecule has 0 aliphatic carbocycles. The van der Waals surface area contributed by atoms with E-state index in [2.05, 4.69) is 4.74 Å². The van der Waals surface area contributed by atoms with Crippen molar-refractivity contribution in [2.75, 3.05) is 0 Å². The van der Waals surface area contributed by atoms with Gasteiger partial charge in [-0.25, -0.2) is 0 Å². The number of aldehydes is 2. The third-order valence-electron chi connectivity index (χ3n) is 1.79. The van der Waals surface area contributed by atoms with Crippen LogP contribution in [-0.4, -0.2) is 18.9 Å². The molecule has 0 unspecified atom stereocenters. The van der Waals surface area contributed by atoms with Gasteiger partial charge in [0.15, 0.2) is 0 Å². The number of hydrogen-bond donors (Lipinski definition) is 0. The first-order chi connectivity index (χ1) is 7.46. The van der Waals surface area contributed by atoms with Gasteiger partial charge < -0.3 is 14.3 Å². The van der Waals surface area contributed by atoms with Gasteiger partial charge in [0.2, 0.25) is 0 Å². The number of carbonyl (C=O) groups is 2. The minimum Gasteiger partial charge on any atom is -0.406 e. The summed E-state index contributed by atoms with van der Waals surface area (Å²) in [4.78, 5) is 20.8. The predicted molar refractivity (Wildman–Crippen MR) is 48.0 cm³/mol. The van der Waals surface area contributed by atoms with Crippen LogP contribution in [0.3, 0.4) is 0 Å². The second-order valence-corrected chi connectivity index (χ2v) is 2.91. The molecule has 16 heavy (non-hydrogen) atoms. The van der Waals surface area contributed by atoms with Crippen LogP contribution in [0.2, 0.25) is 0 Å². The molecule has 1 rings (SSSR count). The van der Waals surface area contributed by atoms with E-state index in [9.17, 15) is 22.8 Å². The largest absolute Gasteiger partial charge is 0.573 e. The summed E-state index contributed by atoms with van der Waals surface area (Å²) in [6.45, 7) is 0. The maximum Gasteiger partial charge on any atom is 0.573 e. The molecule has 0 saturated carbocycles. The first-order valence-electron chi connectivity index (χ1n) is 4.22. The topological polar surface area (TPSA) is 43.4 Å². The molecule has 0 bridgehead atoms. The summed E-state index contributed by atoms with van der Waals surface area (Å²) < 4.78 is 39.0. The Balaban J connectivity index is 2.82. The van der Waals surface area contributed by atoms with E-state index in [4.69, 9.17) is 0 Å². The number of halogens is 3. The van der Waals surface area contributed by atoms with Gasteiger partial charge in [0.25, 0.3) is 0 Å². The van der Waals surface area contributed by atoms with Crippen LogP contribution < -0.4 is 4.74 Å². The molecule has 0 amide bonds. The van der Waals surface area contributed by atoms with Crippen LogP contribution in [0, 0.1) is 0 Å². The summed E-state index contributed by atoms with van der Waals surface area (Å²) in [6, 6.07) is 4.55.